The van der Waals surface area contributed by atoms with E-state index in [1.165, 1.54) is 35.7 Å². The van der Waals surface area contributed by atoms with Crippen LogP contribution in [-0.4, -0.2) is 34.5 Å². The number of aliphatic imine (C=N–C) groups is 1. The minimum Gasteiger partial charge on any atom is -0.294 e. The quantitative estimate of drug-likeness (QED) is 0.463. The van der Waals surface area contributed by atoms with Crippen LogP contribution in [0, 0.1) is 5.92 Å². The molecule has 0 radical (unpaired) electrons. The van der Waals surface area contributed by atoms with E-state index in [1.54, 1.807) is 0 Å². The van der Waals surface area contributed by atoms with Crippen LogP contribution in [0.1, 0.15) is 77.0 Å². The SMILES string of the molecule is CC(C)P(c1ccccc1C1=NC(c2ccccc2)CN1C(=O)C1CCCCC1)C(C)C. The van der Waals surface area contributed by atoms with Gasteiger partial charge in [0.25, 0.3) is 0 Å². The molecule has 170 valence electrons. The van der Waals surface area contributed by atoms with Crippen molar-refractivity contribution < 1.29 is 4.79 Å². The van der Waals surface area contributed by atoms with Gasteiger partial charge in [-0.05, 0) is 35.0 Å². The molecule has 1 aliphatic heterocycles. The predicted octanol–water partition coefficient (Wildman–Crippen LogP) is 6.52. The summed E-state index contributed by atoms with van der Waals surface area (Å²) in [6.45, 7) is 9.98. The summed E-state index contributed by atoms with van der Waals surface area (Å²) in [5.41, 5.74) is 3.53. The Kier molecular flexibility index (Phi) is 7.46. The Morgan fingerprint density at radius 3 is 2.19 bits per heavy atom. The van der Waals surface area contributed by atoms with Crippen LogP contribution in [0.5, 0.6) is 0 Å². The molecular weight excluding hydrogens is 411 g/mol. The molecule has 2 aliphatic rings. The van der Waals surface area contributed by atoms with Gasteiger partial charge in [0.1, 0.15) is 5.84 Å². The standard InChI is InChI=1S/C28H37N2OP/c1-20(2)32(21(3)4)26-18-12-11-17-24(26)27-29-25(22-13-7-5-8-14-22)19-30(27)28(31)23-15-9-6-10-16-23/h5,7-8,11-14,17-18,20-21,23,25H,6,9-10,15-16,19H2,1-4H3. The summed E-state index contributed by atoms with van der Waals surface area (Å²) in [6.07, 6.45) is 5.63. The van der Waals surface area contributed by atoms with E-state index >= 15 is 0 Å². The molecule has 4 rings (SSSR count). The zero-order chi connectivity index (χ0) is 22.7. The first-order chi connectivity index (χ1) is 15.5. The Labute approximate surface area is 195 Å². The van der Waals surface area contributed by atoms with Gasteiger partial charge in [0.15, 0.2) is 0 Å². The van der Waals surface area contributed by atoms with E-state index in [-0.39, 0.29) is 25.8 Å². The minimum absolute atomic E-state index is 0.0103. The lowest BCUT2D eigenvalue weighted by atomic mass is 9.88. The van der Waals surface area contributed by atoms with Gasteiger partial charge in [-0.15, -0.1) is 0 Å². The second-order valence-corrected chi connectivity index (χ2v) is 13.1. The number of carbonyl (C=O) groups is 1. The predicted molar refractivity (Wildman–Crippen MR) is 137 cm³/mol. The van der Waals surface area contributed by atoms with Crippen LogP contribution in [0.3, 0.4) is 0 Å². The number of amidine groups is 1. The van der Waals surface area contributed by atoms with Gasteiger partial charge in [-0.1, -0.05) is 109 Å². The number of nitrogens with zero attached hydrogens (tertiary/aromatic N) is 2. The summed E-state index contributed by atoms with van der Waals surface area (Å²) in [5.74, 6) is 1.33. The molecular formula is C28H37N2OP. The van der Waals surface area contributed by atoms with Gasteiger partial charge in [0.05, 0.1) is 12.6 Å². The molecule has 4 heteroatoms. The van der Waals surface area contributed by atoms with Gasteiger partial charge in [0.2, 0.25) is 5.91 Å². The maximum atomic E-state index is 13.8. The summed E-state index contributed by atoms with van der Waals surface area (Å²) >= 11 is 0. The summed E-state index contributed by atoms with van der Waals surface area (Å²) in [4.78, 5) is 21.0. The lowest BCUT2D eigenvalue weighted by Gasteiger charge is -2.31. The van der Waals surface area contributed by atoms with E-state index in [4.69, 9.17) is 4.99 Å². The van der Waals surface area contributed by atoms with Gasteiger partial charge < -0.3 is 0 Å². The third kappa shape index (κ3) is 4.84. The molecule has 0 saturated heterocycles. The van der Waals surface area contributed by atoms with E-state index in [1.807, 2.05) is 11.0 Å². The molecule has 2 aromatic rings. The smallest absolute Gasteiger partial charge is 0.231 e. The fraction of sp³-hybridized carbons (Fsp3) is 0.500. The molecule has 1 saturated carbocycles. The van der Waals surface area contributed by atoms with Crippen molar-refractivity contribution in [3.05, 3.63) is 65.7 Å². The highest BCUT2D eigenvalue weighted by Gasteiger charge is 2.37. The summed E-state index contributed by atoms with van der Waals surface area (Å²) in [6, 6.07) is 19.2. The number of amides is 1. The van der Waals surface area contributed by atoms with Crippen molar-refractivity contribution in [2.75, 3.05) is 6.54 Å². The highest BCUT2D eigenvalue weighted by molar-refractivity contribution is 7.67. The molecule has 1 amide bonds. The number of benzene rings is 2. The molecule has 0 N–H and O–H groups in total. The van der Waals surface area contributed by atoms with Crippen molar-refractivity contribution in [2.45, 2.75) is 77.2 Å². The molecule has 0 aromatic heterocycles. The van der Waals surface area contributed by atoms with Crippen molar-refractivity contribution in [3.8, 4) is 0 Å². The normalized spacial score (nSPS) is 19.8. The van der Waals surface area contributed by atoms with Crippen molar-refractivity contribution in [3.63, 3.8) is 0 Å². The first kappa shape index (κ1) is 23.2. The number of rotatable bonds is 6. The van der Waals surface area contributed by atoms with E-state index in [9.17, 15) is 4.79 Å². The monoisotopic (exact) mass is 448 g/mol. The van der Waals surface area contributed by atoms with Gasteiger partial charge in [-0.3, -0.25) is 14.7 Å². The molecule has 3 nitrogen and oxygen atoms in total. The van der Waals surface area contributed by atoms with Gasteiger partial charge in [0, 0.05) is 11.5 Å². The highest BCUT2D eigenvalue weighted by Crippen LogP contribution is 2.46. The molecule has 32 heavy (non-hydrogen) atoms. The first-order valence-electron chi connectivity index (χ1n) is 12.3. The summed E-state index contributed by atoms with van der Waals surface area (Å²) in [5, 5.41) is 1.39. The maximum Gasteiger partial charge on any atom is 0.231 e. The van der Waals surface area contributed by atoms with Crippen LogP contribution in [0.25, 0.3) is 0 Å². The van der Waals surface area contributed by atoms with E-state index < -0.39 is 0 Å². The average molecular weight is 449 g/mol. The number of hydrogen-bond acceptors (Lipinski definition) is 2. The largest absolute Gasteiger partial charge is 0.294 e. The Morgan fingerprint density at radius 1 is 0.906 bits per heavy atom. The van der Waals surface area contributed by atoms with Gasteiger partial charge in [-0.25, -0.2) is 0 Å². The molecule has 1 heterocycles. The fourth-order valence-corrected chi connectivity index (χ4v) is 8.41. The zero-order valence-corrected chi connectivity index (χ0v) is 20.9. The Bertz CT molecular complexity index is 939. The molecule has 0 bridgehead atoms. The Hall–Kier alpha value is -1.99. The lowest BCUT2D eigenvalue weighted by Crippen LogP contribution is -2.41. The number of hydrogen-bond donors (Lipinski definition) is 0. The molecule has 0 spiro atoms. The highest BCUT2D eigenvalue weighted by atomic mass is 31.1. The van der Waals surface area contributed by atoms with E-state index in [0.717, 1.165) is 18.7 Å². The third-order valence-corrected chi connectivity index (χ3v) is 10.0. The van der Waals surface area contributed by atoms with Crippen LogP contribution in [-0.2, 0) is 4.79 Å². The number of carbonyl (C=O) groups excluding carboxylic acids is 1. The van der Waals surface area contributed by atoms with Crippen molar-refractivity contribution in [2.24, 2.45) is 10.9 Å². The first-order valence-corrected chi connectivity index (χ1v) is 13.8. The zero-order valence-electron chi connectivity index (χ0n) is 20.0. The van der Waals surface area contributed by atoms with E-state index in [2.05, 4.69) is 76.2 Å². The molecule has 1 unspecified atom stereocenters. The lowest BCUT2D eigenvalue weighted by molar-refractivity contribution is -0.132. The molecule has 1 atom stereocenters. The maximum absolute atomic E-state index is 13.8. The van der Waals surface area contributed by atoms with Crippen molar-refractivity contribution >= 4 is 25.0 Å². The molecule has 2 aromatic carbocycles. The average Bonchev–Trinajstić information content (AvgIpc) is 3.25. The second-order valence-electron chi connectivity index (χ2n) is 9.77. The van der Waals surface area contributed by atoms with Crippen LogP contribution in [0.15, 0.2) is 59.6 Å². The molecule has 1 fully saturated rings. The van der Waals surface area contributed by atoms with Crippen LogP contribution in [0.2, 0.25) is 0 Å². The molecule has 1 aliphatic carbocycles. The summed E-state index contributed by atoms with van der Waals surface area (Å²) in [7, 11) is -0.351. The van der Waals surface area contributed by atoms with Gasteiger partial charge in [-0.2, -0.15) is 0 Å². The topological polar surface area (TPSA) is 32.7 Å². The second kappa shape index (κ2) is 10.3. The van der Waals surface area contributed by atoms with Crippen LogP contribution < -0.4 is 5.30 Å². The van der Waals surface area contributed by atoms with Gasteiger partial charge >= 0.3 is 0 Å². The minimum atomic E-state index is -0.351. The Balaban J connectivity index is 1.77. The van der Waals surface area contributed by atoms with Crippen molar-refractivity contribution in [1.82, 2.24) is 4.90 Å². The fourth-order valence-electron chi connectivity index (χ4n) is 5.39. The van der Waals surface area contributed by atoms with Crippen LogP contribution in [0.4, 0.5) is 0 Å². The van der Waals surface area contributed by atoms with E-state index in [0.29, 0.717) is 17.9 Å². The third-order valence-electron chi connectivity index (χ3n) is 6.83. The van der Waals surface area contributed by atoms with Crippen molar-refractivity contribution in [1.29, 1.82) is 0 Å². The summed E-state index contributed by atoms with van der Waals surface area (Å²) < 4.78 is 0. The Morgan fingerprint density at radius 2 is 1.53 bits per heavy atom. The van der Waals surface area contributed by atoms with Crippen LogP contribution >= 0.6 is 7.92 Å².